The third-order valence-electron chi connectivity index (χ3n) is 4.39. The zero-order valence-electron chi connectivity index (χ0n) is 16.1. The Labute approximate surface area is 174 Å². The number of amides is 1. The molecular weight excluding hydrogens is 394 g/mol. The number of para-hydroxylation sites is 1. The van der Waals surface area contributed by atoms with E-state index in [1.807, 2.05) is 24.3 Å². The molecular formula is C21H21NO4S2. The summed E-state index contributed by atoms with van der Waals surface area (Å²) >= 11 is 6.78. The molecule has 2 aromatic rings. The highest BCUT2D eigenvalue weighted by Crippen LogP contribution is 2.41. The SMILES string of the molecule is CCc1ccccc1N1C(=O)/C(=C/c2cc(OC)c(OC)c(OC)c2)SC1=S. The van der Waals surface area contributed by atoms with Crippen LogP contribution in [0.15, 0.2) is 41.3 Å². The van der Waals surface area contributed by atoms with E-state index in [-0.39, 0.29) is 5.91 Å². The van der Waals surface area contributed by atoms with E-state index in [9.17, 15) is 4.79 Å². The zero-order valence-corrected chi connectivity index (χ0v) is 17.8. The summed E-state index contributed by atoms with van der Waals surface area (Å²) in [6, 6.07) is 11.4. The molecule has 0 unspecified atom stereocenters. The largest absolute Gasteiger partial charge is 0.493 e. The number of carbonyl (C=O) groups excluding carboxylic acids is 1. The molecule has 1 saturated heterocycles. The van der Waals surface area contributed by atoms with Crippen molar-refractivity contribution in [1.29, 1.82) is 0 Å². The molecule has 0 saturated carbocycles. The van der Waals surface area contributed by atoms with E-state index in [0.29, 0.717) is 26.5 Å². The van der Waals surface area contributed by atoms with Gasteiger partial charge in [0.05, 0.1) is 31.9 Å². The van der Waals surface area contributed by atoms with Gasteiger partial charge in [-0.15, -0.1) is 0 Å². The molecule has 1 fully saturated rings. The van der Waals surface area contributed by atoms with Crippen molar-refractivity contribution in [3.8, 4) is 17.2 Å². The van der Waals surface area contributed by atoms with Gasteiger partial charge in [-0.1, -0.05) is 49.1 Å². The molecule has 1 heterocycles. The van der Waals surface area contributed by atoms with E-state index < -0.39 is 0 Å². The van der Waals surface area contributed by atoms with Gasteiger partial charge in [-0.2, -0.15) is 0 Å². The lowest BCUT2D eigenvalue weighted by molar-refractivity contribution is -0.113. The summed E-state index contributed by atoms with van der Waals surface area (Å²) in [6.07, 6.45) is 2.61. The lowest BCUT2D eigenvalue weighted by Gasteiger charge is -2.18. The van der Waals surface area contributed by atoms with Crippen molar-refractivity contribution >= 4 is 46.0 Å². The van der Waals surface area contributed by atoms with E-state index >= 15 is 0 Å². The average Bonchev–Trinajstić information content (AvgIpc) is 2.99. The number of anilines is 1. The third-order valence-corrected chi connectivity index (χ3v) is 5.69. The first-order chi connectivity index (χ1) is 13.5. The van der Waals surface area contributed by atoms with Gasteiger partial charge in [0.2, 0.25) is 5.75 Å². The summed E-state index contributed by atoms with van der Waals surface area (Å²) in [7, 11) is 4.67. The van der Waals surface area contributed by atoms with Crippen LogP contribution in [-0.2, 0) is 11.2 Å². The molecule has 0 aliphatic carbocycles. The van der Waals surface area contributed by atoms with Crippen LogP contribution < -0.4 is 19.1 Å². The van der Waals surface area contributed by atoms with Crippen molar-refractivity contribution in [1.82, 2.24) is 0 Å². The fourth-order valence-corrected chi connectivity index (χ4v) is 4.32. The predicted octanol–water partition coefficient (Wildman–Crippen LogP) is 4.68. The van der Waals surface area contributed by atoms with Gasteiger partial charge in [-0.05, 0) is 41.8 Å². The maximum absolute atomic E-state index is 13.1. The number of carbonyl (C=O) groups is 1. The number of aryl methyl sites for hydroxylation is 1. The first-order valence-corrected chi connectivity index (χ1v) is 9.92. The van der Waals surface area contributed by atoms with Gasteiger partial charge in [0.25, 0.3) is 5.91 Å². The Kier molecular flexibility index (Phi) is 6.26. The minimum Gasteiger partial charge on any atom is -0.493 e. The molecule has 0 aromatic heterocycles. The van der Waals surface area contributed by atoms with Gasteiger partial charge in [-0.3, -0.25) is 9.69 Å². The molecule has 28 heavy (non-hydrogen) atoms. The zero-order chi connectivity index (χ0) is 20.3. The monoisotopic (exact) mass is 415 g/mol. The molecule has 0 bridgehead atoms. The molecule has 1 aliphatic heterocycles. The molecule has 0 N–H and O–H groups in total. The first-order valence-electron chi connectivity index (χ1n) is 8.69. The second kappa shape index (κ2) is 8.67. The number of rotatable bonds is 6. The minimum absolute atomic E-state index is 0.135. The number of thiocarbonyl (C=S) groups is 1. The minimum atomic E-state index is -0.135. The van der Waals surface area contributed by atoms with Crippen molar-refractivity contribution in [2.75, 3.05) is 26.2 Å². The summed E-state index contributed by atoms with van der Waals surface area (Å²) in [5.41, 5.74) is 2.67. The number of hydrogen-bond acceptors (Lipinski definition) is 6. The molecule has 3 rings (SSSR count). The van der Waals surface area contributed by atoms with Crippen LogP contribution in [-0.4, -0.2) is 31.6 Å². The molecule has 146 valence electrons. The van der Waals surface area contributed by atoms with Crippen LogP contribution in [0.3, 0.4) is 0 Å². The lowest BCUT2D eigenvalue weighted by atomic mass is 10.1. The molecule has 2 aromatic carbocycles. The molecule has 1 amide bonds. The van der Waals surface area contributed by atoms with Crippen LogP contribution in [0.2, 0.25) is 0 Å². The van der Waals surface area contributed by atoms with Crippen LogP contribution >= 0.6 is 24.0 Å². The summed E-state index contributed by atoms with van der Waals surface area (Å²) < 4.78 is 16.6. The molecule has 0 radical (unpaired) electrons. The fourth-order valence-electron chi connectivity index (χ4n) is 3.04. The van der Waals surface area contributed by atoms with Crippen molar-refractivity contribution < 1.29 is 19.0 Å². The second-order valence-corrected chi connectivity index (χ2v) is 7.63. The summed E-state index contributed by atoms with van der Waals surface area (Å²) in [5.74, 6) is 1.43. The Balaban J connectivity index is 2.00. The Hall–Kier alpha value is -2.51. The van der Waals surface area contributed by atoms with E-state index in [2.05, 4.69) is 6.92 Å². The van der Waals surface area contributed by atoms with Gasteiger partial charge < -0.3 is 14.2 Å². The topological polar surface area (TPSA) is 48.0 Å². The maximum Gasteiger partial charge on any atom is 0.270 e. The Bertz CT molecular complexity index is 930. The molecule has 7 heteroatoms. The van der Waals surface area contributed by atoms with Crippen LogP contribution in [0.5, 0.6) is 17.2 Å². The lowest BCUT2D eigenvalue weighted by Crippen LogP contribution is -2.28. The average molecular weight is 416 g/mol. The van der Waals surface area contributed by atoms with Gasteiger partial charge in [0, 0.05) is 0 Å². The fraction of sp³-hybridized carbons (Fsp3) is 0.238. The molecule has 1 aliphatic rings. The van der Waals surface area contributed by atoms with Crippen molar-refractivity contribution in [2.45, 2.75) is 13.3 Å². The number of nitrogens with zero attached hydrogens (tertiary/aromatic N) is 1. The van der Waals surface area contributed by atoms with E-state index in [4.69, 9.17) is 26.4 Å². The number of hydrogen-bond donors (Lipinski definition) is 0. The van der Waals surface area contributed by atoms with Crippen LogP contribution in [0.25, 0.3) is 6.08 Å². The summed E-state index contributed by atoms with van der Waals surface area (Å²) in [4.78, 5) is 15.2. The number of thioether (sulfide) groups is 1. The normalized spacial score (nSPS) is 15.3. The molecule has 0 atom stereocenters. The van der Waals surface area contributed by atoms with E-state index in [0.717, 1.165) is 23.2 Å². The Morgan fingerprint density at radius 2 is 1.71 bits per heavy atom. The standard InChI is InChI=1S/C21H21NO4S2/c1-5-14-8-6-7-9-15(14)22-20(23)18(28-21(22)27)12-13-10-16(24-2)19(26-4)17(11-13)25-3/h6-12H,5H2,1-4H3/b18-12-. The highest BCUT2D eigenvalue weighted by molar-refractivity contribution is 8.27. The van der Waals surface area contributed by atoms with Gasteiger partial charge in [-0.25, -0.2) is 0 Å². The smallest absolute Gasteiger partial charge is 0.270 e. The second-order valence-electron chi connectivity index (χ2n) is 5.96. The Morgan fingerprint density at radius 3 is 2.29 bits per heavy atom. The number of benzene rings is 2. The van der Waals surface area contributed by atoms with Crippen molar-refractivity contribution in [2.24, 2.45) is 0 Å². The predicted molar refractivity (Wildman–Crippen MR) is 118 cm³/mol. The Morgan fingerprint density at radius 1 is 1.07 bits per heavy atom. The molecule has 5 nitrogen and oxygen atoms in total. The number of methoxy groups -OCH3 is 3. The maximum atomic E-state index is 13.1. The van der Waals surface area contributed by atoms with E-state index in [1.54, 1.807) is 44.4 Å². The van der Waals surface area contributed by atoms with Crippen molar-refractivity contribution in [3.63, 3.8) is 0 Å². The van der Waals surface area contributed by atoms with Crippen LogP contribution in [0, 0.1) is 0 Å². The van der Waals surface area contributed by atoms with Gasteiger partial charge >= 0.3 is 0 Å². The summed E-state index contributed by atoms with van der Waals surface area (Å²) in [5, 5.41) is 0. The first kappa shape index (κ1) is 20.2. The van der Waals surface area contributed by atoms with Gasteiger partial charge in [0.1, 0.15) is 0 Å². The summed E-state index contributed by atoms with van der Waals surface area (Å²) in [6.45, 7) is 2.06. The van der Waals surface area contributed by atoms with Crippen molar-refractivity contribution in [3.05, 3.63) is 52.4 Å². The highest BCUT2D eigenvalue weighted by Gasteiger charge is 2.34. The van der Waals surface area contributed by atoms with Crippen LogP contribution in [0.1, 0.15) is 18.1 Å². The van der Waals surface area contributed by atoms with E-state index in [1.165, 1.54) is 11.8 Å². The highest BCUT2D eigenvalue weighted by atomic mass is 32.2. The van der Waals surface area contributed by atoms with Crippen LogP contribution in [0.4, 0.5) is 5.69 Å². The molecule has 0 spiro atoms. The quantitative estimate of drug-likeness (QED) is 0.504. The third kappa shape index (κ3) is 3.72. The number of ether oxygens (including phenoxy) is 3. The van der Waals surface area contributed by atoms with Gasteiger partial charge in [0.15, 0.2) is 15.8 Å².